The maximum Gasteiger partial charge on any atom is 0.0800 e. The number of benzene rings is 2. The predicted molar refractivity (Wildman–Crippen MR) is 118 cm³/mol. The van der Waals surface area contributed by atoms with Gasteiger partial charge in [-0.1, -0.05) is 55.0 Å². The zero-order valence-corrected chi connectivity index (χ0v) is 17.9. The van der Waals surface area contributed by atoms with Gasteiger partial charge in [-0.25, -0.2) is 0 Å². The minimum absolute atomic E-state index is 0.00343. The van der Waals surface area contributed by atoms with E-state index in [4.69, 9.17) is 5.10 Å². The van der Waals surface area contributed by atoms with E-state index in [1.165, 1.54) is 47.2 Å². The average Bonchev–Trinajstić information content (AvgIpc) is 2.99. The van der Waals surface area contributed by atoms with Gasteiger partial charge in [0.1, 0.15) is 0 Å². The molecule has 3 atom stereocenters. The van der Waals surface area contributed by atoms with E-state index in [2.05, 4.69) is 93.4 Å². The highest BCUT2D eigenvalue weighted by Gasteiger charge is 2.51. The Hall–Kier alpha value is -2.13. The van der Waals surface area contributed by atoms with Gasteiger partial charge in [-0.05, 0) is 63.0 Å². The van der Waals surface area contributed by atoms with Gasteiger partial charge in [0.25, 0.3) is 0 Å². The van der Waals surface area contributed by atoms with Gasteiger partial charge in [-0.15, -0.1) is 0 Å². The van der Waals surface area contributed by atoms with E-state index in [0.717, 1.165) is 6.54 Å². The lowest BCUT2D eigenvalue weighted by molar-refractivity contribution is 0.228. The Morgan fingerprint density at radius 1 is 1.04 bits per heavy atom. The Balaban J connectivity index is 1.83. The third-order valence-electron chi connectivity index (χ3n) is 6.76. The Morgan fingerprint density at radius 2 is 1.71 bits per heavy atom. The lowest BCUT2D eigenvalue weighted by Crippen LogP contribution is -2.50. The maximum absolute atomic E-state index is 5.26. The Labute approximate surface area is 170 Å². The largest absolute Gasteiger partial charge is 0.308 e. The van der Waals surface area contributed by atoms with E-state index in [1.807, 2.05) is 0 Å². The monoisotopic (exact) mass is 375 g/mol. The molecule has 1 aliphatic heterocycles. The van der Waals surface area contributed by atoms with Crippen LogP contribution in [0.15, 0.2) is 53.6 Å². The van der Waals surface area contributed by atoms with Crippen LogP contribution in [0, 0.1) is 19.8 Å². The minimum atomic E-state index is 0.00343. The van der Waals surface area contributed by atoms with Crippen molar-refractivity contribution in [1.82, 2.24) is 9.91 Å². The summed E-state index contributed by atoms with van der Waals surface area (Å²) >= 11 is 0. The number of rotatable bonds is 4. The molecular formula is C25H33N3. The first-order chi connectivity index (χ1) is 13.4. The summed E-state index contributed by atoms with van der Waals surface area (Å²) in [7, 11) is 6.56. The minimum Gasteiger partial charge on any atom is -0.308 e. The number of likely N-dealkylation sites (N-methyl/N-ethyl adjacent to an activating group) is 1. The van der Waals surface area contributed by atoms with E-state index in [0.29, 0.717) is 12.0 Å². The highest BCUT2D eigenvalue weighted by atomic mass is 15.5. The fraction of sp³-hybridized carbons (Fsp3) is 0.480. The zero-order chi connectivity index (χ0) is 19.9. The molecule has 28 heavy (non-hydrogen) atoms. The molecule has 2 aromatic rings. The third-order valence-corrected chi connectivity index (χ3v) is 6.76. The molecule has 0 aromatic heterocycles. The third kappa shape index (κ3) is 3.06. The second-order valence-electron chi connectivity index (χ2n) is 8.99. The molecule has 0 bridgehead atoms. The molecule has 2 aromatic carbocycles. The van der Waals surface area contributed by atoms with Gasteiger partial charge in [-0.3, -0.25) is 5.01 Å². The molecule has 3 unspecified atom stereocenters. The van der Waals surface area contributed by atoms with Gasteiger partial charge in [0.05, 0.1) is 11.8 Å². The number of aryl methyl sites for hydroxylation is 2. The second-order valence-corrected chi connectivity index (χ2v) is 8.99. The van der Waals surface area contributed by atoms with E-state index >= 15 is 0 Å². The van der Waals surface area contributed by atoms with Crippen molar-refractivity contribution in [3.05, 3.63) is 70.8 Å². The molecule has 2 aliphatic rings. The summed E-state index contributed by atoms with van der Waals surface area (Å²) in [5, 5.41) is 7.50. The first kappa shape index (κ1) is 19.2. The van der Waals surface area contributed by atoms with Crippen LogP contribution in [0.4, 0.5) is 0 Å². The summed E-state index contributed by atoms with van der Waals surface area (Å²) in [5.41, 5.74) is 7.05. The van der Waals surface area contributed by atoms with Gasteiger partial charge in [0.2, 0.25) is 0 Å². The van der Waals surface area contributed by atoms with E-state index in [9.17, 15) is 0 Å². The van der Waals surface area contributed by atoms with Crippen LogP contribution in [0.1, 0.15) is 47.6 Å². The fourth-order valence-electron chi connectivity index (χ4n) is 5.72. The number of hydrogen-bond acceptors (Lipinski definition) is 3. The van der Waals surface area contributed by atoms with Gasteiger partial charge >= 0.3 is 0 Å². The number of nitrogens with zero attached hydrogens (tertiary/aromatic N) is 3. The van der Waals surface area contributed by atoms with Crippen molar-refractivity contribution in [2.45, 2.75) is 44.6 Å². The molecule has 0 N–H and O–H groups in total. The normalized spacial score (nSPS) is 27.1. The first-order valence-electron chi connectivity index (χ1n) is 10.5. The smallest absolute Gasteiger partial charge is 0.0800 e. The van der Waals surface area contributed by atoms with Crippen LogP contribution in [-0.2, 0) is 5.41 Å². The standard InChI is InChI=1S/C25H33N3/c1-18-11-6-8-13-20(18)23-21-14-10-16-25(17-27(3)4,24(21)26-28(23)5)22-15-9-7-12-19(22)2/h6-9,11-13,15,21,23H,10,14,16-17H2,1-5H3. The van der Waals surface area contributed by atoms with Crippen LogP contribution < -0.4 is 0 Å². The van der Waals surface area contributed by atoms with Crippen LogP contribution in [0.25, 0.3) is 0 Å². The highest BCUT2D eigenvalue weighted by Crippen LogP contribution is 2.50. The Kier molecular flexibility index (Phi) is 5.05. The lowest BCUT2D eigenvalue weighted by Gasteiger charge is -2.44. The molecule has 0 radical (unpaired) electrons. The van der Waals surface area contributed by atoms with Gasteiger partial charge in [0, 0.05) is 24.9 Å². The summed E-state index contributed by atoms with van der Waals surface area (Å²) in [4.78, 5) is 2.35. The van der Waals surface area contributed by atoms with Gasteiger partial charge in [-0.2, -0.15) is 5.10 Å². The molecule has 1 aliphatic carbocycles. The quantitative estimate of drug-likeness (QED) is 0.753. The van der Waals surface area contributed by atoms with Crippen LogP contribution in [0.3, 0.4) is 0 Å². The molecule has 148 valence electrons. The molecule has 1 heterocycles. The summed E-state index contributed by atoms with van der Waals surface area (Å²) in [6.45, 7) is 5.51. The van der Waals surface area contributed by atoms with Crippen molar-refractivity contribution >= 4 is 5.71 Å². The highest BCUT2D eigenvalue weighted by molar-refractivity contribution is 5.99. The fourth-order valence-corrected chi connectivity index (χ4v) is 5.72. The van der Waals surface area contributed by atoms with Crippen molar-refractivity contribution in [1.29, 1.82) is 0 Å². The zero-order valence-electron chi connectivity index (χ0n) is 17.9. The molecular weight excluding hydrogens is 342 g/mol. The van der Waals surface area contributed by atoms with Crippen molar-refractivity contribution in [2.24, 2.45) is 11.0 Å². The first-order valence-corrected chi connectivity index (χ1v) is 10.5. The molecule has 3 heteroatoms. The molecule has 3 nitrogen and oxygen atoms in total. The van der Waals surface area contributed by atoms with Crippen LogP contribution >= 0.6 is 0 Å². The van der Waals surface area contributed by atoms with E-state index in [-0.39, 0.29) is 5.41 Å². The molecule has 4 rings (SSSR count). The summed E-state index contributed by atoms with van der Waals surface area (Å²) in [6, 6.07) is 18.1. The number of fused-ring (bicyclic) bond motifs is 1. The molecule has 1 saturated carbocycles. The average molecular weight is 376 g/mol. The Morgan fingerprint density at radius 3 is 2.39 bits per heavy atom. The van der Waals surface area contributed by atoms with E-state index in [1.54, 1.807) is 0 Å². The second kappa shape index (κ2) is 7.36. The van der Waals surface area contributed by atoms with Gasteiger partial charge in [0.15, 0.2) is 0 Å². The van der Waals surface area contributed by atoms with Crippen molar-refractivity contribution in [3.8, 4) is 0 Å². The Bertz CT molecular complexity index is 885. The molecule has 0 saturated heterocycles. The van der Waals surface area contributed by atoms with Crippen LogP contribution in [0.2, 0.25) is 0 Å². The number of hydrazone groups is 1. The van der Waals surface area contributed by atoms with Crippen molar-refractivity contribution in [3.63, 3.8) is 0 Å². The summed E-state index contributed by atoms with van der Waals surface area (Å²) in [5.74, 6) is 0.486. The summed E-state index contributed by atoms with van der Waals surface area (Å²) in [6.07, 6.45) is 3.66. The van der Waals surface area contributed by atoms with Gasteiger partial charge < -0.3 is 4.90 Å². The van der Waals surface area contributed by atoms with Crippen LogP contribution in [-0.4, -0.2) is 43.3 Å². The maximum atomic E-state index is 5.26. The SMILES string of the molecule is Cc1ccccc1C1C2CCCC(CN(C)C)(c3ccccc3C)C2=NN1C. The predicted octanol–water partition coefficient (Wildman–Crippen LogP) is 4.95. The van der Waals surface area contributed by atoms with Crippen molar-refractivity contribution in [2.75, 3.05) is 27.7 Å². The lowest BCUT2D eigenvalue weighted by atomic mass is 9.61. The van der Waals surface area contributed by atoms with Crippen molar-refractivity contribution < 1.29 is 0 Å². The molecule has 0 spiro atoms. The molecule has 1 fully saturated rings. The summed E-state index contributed by atoms with van der Waals surface area (Å²) < 4.78 is 0. The van der Waals surface area contributed by atoms with E-state index < -0.39 is 0 Å². The number of hydrogen-bond donors (Lipinski definition) is 0. The van der Waals surface area contributed by atoms with Crippen LogP contribution in [0.5, 0.6) is 0 Å². The topological polar surface area (TPSA) is 18.8 Å². The molecule has 0 amide bonds.